The molecule has 0 bridgehead atoms. The number of benzene rings is 1. The minimum atomic E-state index is -0.356. The Morgan fingerprint density at radius 3 is 2.90 bits per heavy atom. The van der Waals surface area contributed by atoms with Crippen molar-refractivity contribution >= 4 is 35.8 Å². The molecule has 30 heavy (non-hydrogen) atoms. The predicted octanol–water partition coefficient (Wildman–Crippen LogP) is 3.29. The molecule has 1 amide bonds. The minimum Gasteiger partial charge on any atom is -0.439 e. The van der Waals surface area contributed by atoms with Crippen LogP contribution in [-0.4, -0.2) is 41.9 Å². The number of hydrogen-bond donors (Lipinski definition) is 2. The number of primary amides is 1. The second-order valence-corrected chi connectivity index (χ2v) is 7.09. The number of likely N-dealkylation sites (tertiary alicyclic amines) is 1. The zero-order chi connectivity index (χ0) is 20.6. The molecule has 2 heterocycles. The number of halogens is 2. The molecular formula is C21H27FIN5O2. The number of pyridine rings is 1. The van der Waals surface area contributed by atoms with E-state index in [9.17, 15) is 9.18 Å². The van der Waals surface area contributed by atoms with Crippen LogP contribution < -0.4 is 15.8 Å². The molecule has 2 aromatic rings. The maximum atomic E-state index is 13.2. The van der Waals surface area contributed by atoms with Crippen LogP contribution in [-0.2, 0) is 11.3 Å². The van der Waals surface area contributed by atoms with Crippen molar-refractivity contribution in [2.75, 3.05) is 20.1 Å². The number of nitrogens with one attached hydrogen (secondary N) is 1. The summed E-state index contributed by atoms with van der Waals surface area (Å²) >= 11 is 0. The second-order valence-electron chi connectivity index (χ2n) is 7.09. The van der Waals surface area contributed by atoms with Crippen molar-refractivity contribution in [2.24, 2.45) is 16.6 Å². The number of carbonyl (C=O) groups is 1. The van der Waals surface area contributed by atoms with Gasteiger partial charge >= 0.3 is 0 Å². The summed E-state index contributed by atoms with van der Waals surface area (Å²) in [4.78, 5) is 22.0. The molecule has 1 aliphatic rings. The first kappa shape index (κ1) is 23.8. The maximum absolute atomic E-state index is 13.2. The van der Waals surface area contributed by atoms with Crippen LogP contribution in [0.25, 0.3) is 0 Å². The third-order valence-electron chi connectivity index (χ3n) is 4.79. The Morgan fingerprint density at radius 2 is 2.23 bits per heavy atom. The first-order chi connectivity index (χ1) is 14.0. The number of piperidine rings is 1. The van der Waals surface area contributed by atoms with Gasteiger partial charge in [-0.2, -0.15) is 0 Å². The number of hydrogen-bond acceptors (Lipinski definition) is 4. The summed E-state index contributed by atoms with van der Waals surface area (Å²) in [6.07, 6.45) is 4.13. The summed E-state index contributed by atoms with van der Waals surface area (Å²) in [7, 11) is 1.74. The molecule has 7 nitrogen and oxygen atoms in total. The van der Waals surface area contributed by atoms with E-state index in [1.165, 1.54) is 12.1 Å². The molecule has 162 valence electrons. The molecule has 0 radical (unpaired) electrons. The second kappa shape index (κ2) is 11.7. The molecule has 0 aliphatic carbocycles. The van der Waals surface area contributed by atoms with Crippen molar-refractivity contribution < 1.29 is 13.9 Å². The highest BCUT2D eigenvalue weighted by Gasteiger charge is 2.23. The highest BCUT2D eigenvalue weighted by Crippen LogP contribution is 2.21. The van der Waals surface area contributed by atoms with Gasteiger partial charge in [0.05, 0.1) is 0 Å². The van der Waals surface area contributed by atoms with E-state index < -0.39 is 0 Å². The minimum absolute atomic E-state index is 0. The standard InChI is InChI=1S/C21H26FN5O2.HI/c1-24-21(27-9-3-4-15(14-27)10-19(23)28)26-13-16-7-8-20(25-12-16)29-18-6-2-5-17(22)11-18;/h2,5-8,11-12,15H,3-4,9-10,13-14H2,1H3,(H2,23,28)(H,24,26);1H. The lowest BCUT2D eigenvalue weighted by molar-refractivity contribution is -0.119. The van der Waals surface area contributed by atoms with Crippen LogP contribution in [0, 0.1) is 11.7 Å². The summed E-state index contributed by atoms with van der Waals surface area (Å²) in [5.41, 5.74) is 6.30. The largest absolute Gasteiger partial charge is 0.439 e. The van der Waals surface area contributed by atoms with Gasteiger partial charge in [0, 0.05) is 51.4 Å². The summed E-state index contributed by atoms with van der Waals surface area (Å²) < 4.78 is 18.8. The number of amides is 1. The van der Waals surface area contributed by atoms with Crippen molar-refractivity contribution in [3.63, 3.8) is 0 Å². The SMILES string of the molecule is CN=C(NCc1ccc(Oc2cccc(F)c2)nc1)N1CCCC(CC(N)=O)C1.I. The van der Waals surface area contributed by atoms with Crippen LogP contribution in [0.3, 0.4) is 0 Å². The topological polar surface area (TPSA) is 92.8 Å². The zero-order valence-electron chi connectivity index (χ0n) is 16.9. The average molecular weight is 527 g/mol. The van der Waals surface area contributed by atoms with Crippen LogP contribution in [0.2, 0.25) is 0 Å². The molecule has 3 N–H and O–H groups in total. The van der Waals surface area contributed by atoms with Crippen LogP contribution in [0.15, 0.2) is 47.6 Å². The molecule has 1 atom stereocenters. The van der Waals surface area contributed by atoms with Gasteiger partial charge in [-0.1, -0.05) is 12.1 Å². The molecule has 3 rings (SSSR count). The fraction of sp³-hybridized carbons (Fsp3) is 0.381. The molecule has 0 saturated carbocycles. The van der Waals surface area contributed by atoms with Crippen LogP contribution >= 0.6 is 24.0 Å². The molecule has 0 spiro atoms. The number of carbonyl (C=O) groups excluding carboxylic acids is 1. The van der Waals surface area contributed by atoms with Crippen molar-refractivity contribution in [2.45, 2.75) is 25.8 Å². The lowest BCUT2D eigenvalue weighted by atomic mass is 9.95. The van der Waals surface area contributed by atoms with Gasteiger partial charge < -0.3 is 20.7 Å². The normalized spacial score (nSPS) is 16.5. The van der Waals surface area contributed by atoms with E-state index in [2.05, 4.69) is 20.2 Å². The first-order valence-corrected chi connectivity index (χ1v) is 9.65. The fourth-order valence-electron chi connectivity index (χ4n) is 3.45. The van der Waals surface area contributed by atoms with Crippen LogP contribution in [0.5, 0.6) is 11.6 Å². The van der Waals surface area contributed by atoms with E-state index in [4.69, 9.17) is 10.5 Å². The van der Waals surface area contributed by atoms with Gasteiger partial charge in [-0.3, -0.25) is 9.79 Å². The molecular weight excluding hydrogens is 500 g/mol. The molecule has 1 aromatic heterocycles. The molecule has 1 saturated heterocycles. The lowest BCUT2D eigenvalue weighted by Gasteiger charge is -2.34. The predicted molar refractivity (Wildman–Crippen MR) is 124 cm³/mol. The Bertz CT molecular complexity index is 863. The van der Waals surface area contributed by atoms with E-state index in [-0.39, 0.29) is 41.6 Å². The lowest BCUT2D eigenvalue weighted by Crippen LogP contribution is -2.46. The van der Waals surface area contributed by atoms with Crippen LogP contribution in [0.1, 0.15) is 24.8 Å². The maximum Gasteiger partial charge on any atom is 0.219 e. The summed E-state index contributed by atoms with van der Waals surface area (Å²) in [6, 6.07) is 9.57. The summed E-state index contributed by atoms with van der Waals surface area (Å²) in [6.45, 7) is 2.21. The number of rotatable bonds is 6. The third-order valence-corrected chi connectivity index (χ3v) is 4.79. The Balaban J connectivity index is 0.00000320. The number of aromatic nitrogens is 1. The Morgan fingerprint density at radius 1 is 1.40 bits per heavy atom. The third kappa shape index (κ3) is 7.12. The van der Waals surface area contributed by atoms with Gasteiger partial charge in [0.1, 0.15) is 11.6 Å². The van der Waals surface area contributed by atoms with Gasteiger partial charge in [-0.15, -0.1) is 24.0 Å². The smallest absolute Gasteiger partial charge is 0.219 e. The van der Waals surface area contributed by atoms with Gasteiger partial charge in [0.2, 0.25) is 11.8 Å². The molecule has 1 fully saturated rings. The van der Waals surface area contributed by atoms with Crippen LogP contribution in [0.4, 0.5) is 4.39 Å². The van der Waals surface area contributed by atoms with Gasteiger partial charge in [0.25, 0.3) is 0 Å². The van der Waals surface area contributed by atoms with E-state index in [1.807, 2.05) is 6.07 Å². The fourth-order valence-corrected chi connectivity index (χ4v) is 3.45. The van der Waals surface area contributed by atoms with Crippen molar-refractivity contribution in [3.05, 3.63) is 54.0 Å². The summed E-state index contributed by atoms with van der Waals surface area (Å²) in [5, 5.41) is 3.34. The number of guanidine groups is 1. The molecule has 9 heteroatoms. The van der Waals surface area contributed by atoms with E-state index in [0.717, 1.165) is 37.5 Å². The molecule has 1 aromatic carbocycles. The highest BCUT2D eigenvalue weighted by molar-refractivity contribution is 14.0. The Hall–Kier alpha value is -2.43. The van der Waals surface area contributed by atoms with Crippen molar-refractivity contribution in [1.29, 1.82) is 0 Å². The average Bonchev–Trinajstić information content (AvgIpc) is 2.69. The molecule has 1 aliphatic heterocycles. The summed E-state index contributed by atoms with van der Waals surface area (Å²) in [5.74, 6) is 1.24. The Labute approximate surface area is 192 Å². The van der Waals surface area contributed by atoms with E-state index >= 15 is 0 Å². The number of ether oxygens (including phenoxy) is 1. The quantitative estimate of drug-likeness (QED) is 0.342. The monoisotopic (exact) mass is 527 g/mol. The number of nitrogens with zero attached hydrogens (tertiary/aromatic N) is 3. The number of nitrogens with two attached hydrogens (primary N) is 1. The van der Waals surface area contributed by atoms with Gasteiger partial charge in [-0.05, 0) is 36.5 Å². The molecule has 1 unspecified atom stereocenters. The zero-order valence-corrected chi connectivity index (χ0v) is 19.2. The van der Waals surface area contributed by atoms with Gasteiger partial charge in [-0.25, -0.2) is 9.37 Å². The highest BCUT2D eigenvalue weighted by atomic mass is 127. The number of aliphatic imine (C=N–C) groups is 1. The van der Waals surface area contributed by atoms with Crippen molar-refractivity contribution in [3.8, 4) is 11.6 Å². The van der Waals surface area contributed by atoms with Gasteiger partial charge in [0.15, 0.2) is 5.96 Å². The first-order valence-electron chi connectivity index (χ1n) is 9.65. The van der Waals surface area contributed by atoms with E-state index in [0.29, 0.717) is 24.6 Å². The van der Waals surface area contributed by atoms with E-state index in [1.54, 1.807) is 31.4 Å². The van der Waals surface area contributed by atoms with Crippen molar-refractivity contribution in [1.82, 2.24) is 15.2 Å². The Kier molecular flexibility index (Phi) is 9.28.